The van der Waals surface area contributed by atoms with Gasteiger partial charge in [0.05, 0.1) is 6.16 Å². The van der Waals surface area contributed by atoms with E-state index in [0.29, 0.717) is 0 Å². The smallest absolute Gasteiger partial charge is 0.115 e. The fraction of sp³-hybridized carbons (Fsp3) is 0.0909. The summed E-state index contributed by atoms with van der Waals surface area (Å²) in [6.45, 7) is 2.11. The molecule has 3 rings (SSSR count). The minimum absolute atomic E-state index is 0. The van der Waals surface area contributed by atoms with Gasteiger partial charge in [0.2, 0.25) is 0 Å². The Labute approximate surface area is 163 Å². The molecule has 3 aromatic carbocycles. The molecule has 2 heteroatoms. The number of benzene rings is 3. The lowest BCUT2D eigenvalue weighted by Gasteiger charge is -2.26. The first-order chi connectivity index (χ1) is 11.4. The van der Waals surface area contributed by atoms with E-state index in [9.17, 15) is 0 Å². The summed E-state index contributed by atoms with van der Waals surface area (Å²) >= 11 is 0. The summed E-state index contributed by atoms with van der Waals surface area (Å²) in [4.78, 5) is 0. The zero-order chi connectivity index (χ0) is 16.0. The van der Waals surface area contributed by atoms with E-state index in [4.69, 9.17) is 0 Å². The van der Waals surface area contributed by atoms with E-state index in [0.717, 1.165) is 6.16 Å². The molecule has 0 N–H and O–H groups in total. The first kappa shape index (κ1) is 18.9. The van der Waals surface area contributed by atoms with Crippen LogP contribution < -0.4 is 39.9 Å². The molecule has 0 saturated heterocycles. The quantitative estimate of drug-likeness (QED) is 0.319. The number of halogens is 1. The number of rotatable bonds is 5. The fourth-order valence-corrected chi connectivity index (χ4v) is 7.17. The summed E-state index contributed by atoms with van der Waals surface area (Å²) in [5, 5.41) is 4.32. The molecule has 24 heavy (non-hydrogen) atoms. The van der Waals surface area contributed by atoms with E-state index in [1.807, 2.05) is 0 Å². The summed E-state index contributed by atoms with van der Waals surface area (Å²) in [6.07, 6.45) is 5.55. The van der Waals surface area contributed by atoms with Crippen LogP contribution in [0.1, 0.15) is 6.92 Å². The summed E-state index contributed by atoms with van der Waals surface area (Å²) < 4.78 is 0. The second-order valence-corrected chi connectivity index (χ2v) is 9.10. The lowest BCUT2D eigenvalue weighted by atomic mass is 10.4. The molecule has 0 aliphatic carbocycles. The van der Waals surface area contributed by atoms with Crippen molar-refractivity contribution in [3.05, 3.63) is 103 Å². The number of hydrogen-bond acceptors (Lipinski definition) is 0. The SMILES string of the molecule is C/C=C/C[P+](c1ccccc1)(c1ccccc1)c1ccccc1.[I-]. The van der Waals surface area contributed by atoms with Crippen LogP contribution in [0.25, 0.3) is 0 Å². The Morgan fingerprint density at radius 1 is 0.625 bits per heavy atom. The van der Waals surface area contributed by atoms with Crippen LogP contribution in [0.5, 0.6) is 0 Å². The van der Waals surface area contributed by atoms with Crippen molar-refractivity contribution in [1.29, 1.82) is 0 Å². The maximum atomic E-state index is 2.32. The largest absolute Gasteiger partial charge is 1.00 e. The molecular weight excluding hydrogens is 422 g/mol. The van der Waals surface area contributed by atoms with Gasteiger partial charge >= 0.3 is 0 Å². The summed E-state index contributed by atoms with van der Waals surface area (Å²) in [7, 11) is -1.66. The van der Waals surface area contributed by atoms with E-state index in [-0.39, 0.29) is 24.0 Å². The highest BCUT2D eigenvalue weighted by atomic mass is 127. The highest BCUT2D eigenvalue weighted by molar-refractivity contribution is 7.95. The van der Waals surface area contributed by atoms with Gasteiger partial charge in [-0.15, -0.1) is 0 Å². The van der Waals surface area contributed by atoms with Crippen LogP contribution in [0.4, 0.5) is 0 Å². The first-order valence-corrected chi connectivity index (χ1v) is 10.0. The van der Waals surface area contributed by atoms with Gasteiger partial charge in [-0.1, -0.05) is 66.7 Å². The highest BCUT2D eigenvalue weighted by Crippen LogP contribution is 2.55. The van der Waals surface area contributed by atoms with Crippen molar-refractivity contribution in [2.45, 2.75) is 6.92 Å². The van der Waals surface area contributed by atoms with Gasteiger partial charge in [-0.05, 0) is 43.3 Å². The molecule has 0 atom stereocenters. The maximum Gasteiger partial charge on any atom is 0.115 e. The van der Waals surface area contributed by atoms with Crippen LogP contribution in [0.15, 0.2) is 103 Å². The molecule has 0 radical (unpaired) electrons. The molecule has 122 valence electrons. The number of allylic oxidation sites excluding steroid dienone is 2. The molecule has 0 unspecified atom stereocenters. The van der Waals surface area contributed by atoms with E-state index >= 15 is 0 Å². The van der Waals surface area contributed by atoms with Crippen molar-refractivity contribution in [3.63, 3.8) is 0 Å². The molecule has 0 fully saturated rings. The Balaban J connectivity index is 0.00000208. The van der Waals surface area contributed by atoms with Crippen molar-refractivity contribution in [3.8, 4) is 0 Å². The number of hydrogen-bond donors (Lipinski definition) is 0. The van der Waals surface area contributed by atoms with Crippen LogP contribution in [0.2, 0.25) is 0 Å². The standard InChI is InChI=1S/C22H22P.HI/c1-2-3-19-23(20-13-7-4-8-14-20,21-15-9-5-10-16-21)22-17-11-6-12-18-22;/h2-18H,19H2,1H3;1H/q+1;/p-1/b3-2+;. The third-order valence-electron chi connectivity index (χ3n) is 4.21. The van der Waals surface area contributed by atoms with Crippen molar-refractivity contribution < 1.29 is 24.0 Å². The molecular formula is C22H22IP. The summed E-state index contributed by atoms with van der Waals surface area (Å²) in [5.41, 5.74) is 0. The Morgan fingerprint density at radius 3 is 1.25 bits per heavy atom. The van der Waals surface area contributed by atoms with Gasteiger partial charge in [0.1, 0.15) is 23.2 Å². The monoisotopic (exact) mass is 444 g/mol. The van der Waals surface area contributed by atoms with Gasteiger partial charge in [0.25, 0.3) is 0 Å². The van der Waals surface area contributed by atoms with Gasteiger partial charge in [-0.3, -0.25) is 0 Å². The molecule has 0 bridgehead atoms. The van der Waals surface area contributed by atoms with Gasteiger partial charge in [0.15, 0.2) is 0 Å². The molecule has 0 nitrogen and oxygen atoms in total. The van der Waals surface area contributed by atoms with Crippen LogP contribution in [0.3, 0.4) is 0 Å². The van der Waals surface area contributed by atoms with Crippen molar-refractivity contribution in [2.75, 3.05) is 6.16 Å². The molecule has 0 amide bonds. The van der Waals surface area contributed by atoms with Crippen LogP contribution in [-0.2, 0) is 0 Å². The van der Waals surface area contributed by atoms with E-state index in [1.54, 1.807) is 0 Å². The van der Waals surface area contributed by atoms with Crippen LogP contribution >= 0.6 is 7.26 Å². The van der Waals surface area contributed by atoms with Gasteiger partial charge in [0, 0.05) is 0 Å². The molecule has 0 heterocycles. The van der Waals surface area contributed by atoms with Gasteiger partial charge in [-0.25, -0.2) is 0 Å². The topological polar surface area (TPSA) is 0 Å². The molecule has 0 aromatic heterocycles. The van der Waals surface area contributed by atoms with Gasteiger partial charge in [-0.2, -0.15) is 0 Å². The molecule has 0 aliphatic rings. The minimum atomic E-state index is -1.66. The first-order valence-electron chi connectivity index (χ1n) is 8.04. The zero-order valence-electron chi connectivity index (χ0n) is 13.8. The third-order valence-corrected chi connectivity index (χ3v) is 8.50. The second kappa shape index (κ2) is 9.15. The molecule has 0 aliphatic heterocycles. The lowest BCUT2D eigenvalue weighted by Crippen LogP contribution is -3.00. The van der Waals surface area contributed by atoms with Crippen LogP contribution in [-0.4, -0.2) is 6.16 Å². The van der Waals surface area contributed by atoms with Crippen molar-refractivity contribution in [2.24, 2.45) is 0 Å². The second-order valence-electron chi connectivity index (χ2n) is 5.57. The van der Waals surface area contributed by atoms with E-state index in [1.165, 1.54) is 15.9 Å². The van der Waals surface area contributed by atoms with Crippen LogP contribution in [0, 0.1) is 0 Å². The normalized spacial score (nSPS) is 11.2. The Bertz CT molecular complexity index is 655. The maximum absolute atomic E-state index is 2.32. The molecule has 0 saturated carbocycles. The Hall–Kier alpha value is -1.44. The summed E-state index contributed by atoms with van der Waals surface area (Å²) in [6, 6.07) is 33.0. The minimum Gasteiger partial charge on any atom is -1.00 e. The molecule has 0 spiro atoms. The fourth-order valence-electron chi connectivity index (χ4n) is 3.07. The van der Waals surface area contributed by atoms with Crippen molar-refractivity contribution >= 4 is 23.2 Å². The predicted molar refractivity (Wildman–Crippen MR) is 105 cm³/mol. The van der Waals surface area contributed by atoms with E-state index < -0.39 is 7.26 Å². The Morgan fingerprint density at radius 2 is 0.958 bits per heavy atom. The van der Waals surface area contributed by atoms with Crippen molar-refractivity contribution in [1.82, 2.24) is 0 Å². The predicted octanol–water partition coefficient (Wildman–Crippen LogP) is 1.56. The van der Waals surface area contributed by atoms with E-state index in [2.05, 4.69) is 110 Å². The Kier molecular flexibility index (Phi) is 7.20. The highest BCUT2D eigenvalue weighted by Gasteiger charge is 2.43. The molecule has 3 aromatic rings. The average Bonchev–Trinajstić information content (AvgIpc) is 2.65. The third kappa shape index (κ3) is 3.79. The average molecular weight is 444 g/mol. The lowest BCUT2D eigenvalue weighted by molar-refractivity contribution is -0.00000450. The van der Waals surface area contributed by atoms with Gasteiger partial charge < -0.3 is 24.0 Å². The zero-order valence-corrected chi connectivity index (χ0v) is 16.9. The summed E-state index contributed by atoms with van der Waals surface area (Å²) in [5.74, 6) is 0.